The fraction of sp³-hybridized carbons (Fsp3) is 0.375. The summed E-state index contributed by atoms with van der Waals surface area (Å²) in [7, 11) is 2.42. The van der Waals surface area contributed by atoms with Crippen molar-refractivity contribution >= 4 is 11.8 Å². The number of hydrogen-bond acceptors (Lipinski definition) is 4. The number of hydrogen-bond donors (Lipinski definition) is 0. The maximum absolute atomic E-state index is 12.1. The Labute approximate surface area is 83.6 Å². The van der Waals surface area contributed by atoms with Crippen molar-refractivity contribution in [3.63, 3.8) is 0 Å². The molecular weight excluding hydrogens is 210 g/mol. The van der Waals surface area contributed by atoms with Crippen molar-refractivity contribution in [1.29, 1.82) is 0 Å². The molecule has 0 aliphatic heterocycles. The molecule has 0 amide bonds. The SMILES string of the molecule is COC(=O)c1cc(C(=O)C(F)F)n(C)n1. The largest absolute Gasteiger partial charge is 0.464 e. The first kappa shape index (κ1) is 11.3. The maximum Gasteiger partial charge on any atom is 0.358 e. The third kappa shape index (κ3) is 2.17. The molecule has 82 valence electrons. The van der Waals surface area contributed by atoms with Crippen LogP contribution in [0, 0.1) is 0 Å². The zero-order valence-corrected chi connectivity index (χ0v) is 8.03. The topological polar surface area (TPSA) is 61.2 Å². The minimum Gasteiger partial charge on any atom is -0.464 e. The van der Waals surface area contributed by atoms with Crippen molar-refractivity contribution < 1.29 is 23.1 Å². The number of aromatic nitrogens is 2. The van der Waals surface area contributed by atoms with Crippen molar-refractivity contribution in [2.75, 3.05) is 7.11 Å². The summed E-state index contributed by atoms with van der Waals surface area (Å²) in [4.78, 5) is 21.9. The lowest BCUT2D eigenvalue weighted by Crippen LogP contribution is -2.14. The molecule has 5 nitrogen and oxygen atoms in total. The molecule has 0 aliphatic rings. The van der Waals surface area contributed by atoms with Crippen LogP contribution in [0.3, 0.4) is 0 Å². The first-order valence-electron chi connectivity index (χ1n) is 3.92. The van der Waals surface area contributed by atoms with Gasteiger partial charge >= 0.3 is 12.4 Å². The number of methoxy groups -OCH3 is 1. The van der Waals surface area contributed by atoms with Gasteiger partial charge in [-0.3, -0.25) is 9.48 Å². The average molecular weight is 218 g/mol. The smallest absolute Gasteiger partial charge is 0.358 e. The minimum absolute atomic E-state index is 0.177. The highest BCUT2D eigenvalue weighted by Crippen LogP contribution is 2.09. The van der Waals surface area contributed by atoms with E-state index in [-0.39, 0.29) is 11.4 Å². The molecule has 0 aromatic carbocycles. The Morgan fingerprint density at radius 1 is 1.53 bits per heavy atom. The molecule has 0 unspecified atom stereocenters. The van der Waals surface area contributed by atoms with E-state index in [0.29, 0.717) is 0 Å². The number of esters is 1. The standard InChI is InChI=1S/C8H8F2N2O3/c1-12-5(6(13)7(9)10)3-4(11-12)8(14)15-2/h3,7H,1-2H3. The zero-order chi connectivity index (χ0) is 11.6. The van der Waals surface area contributed by atoms with Gasteiger partial charge < -0.3 is 4.74 Å². The highest BCUT2D eigenvalue weighted by Gasteiger charge is 2.24. The molecule has 0 radical (unpaired) electrons. The van der Waals surface area contributed by atoms with E-state index in [0.717, 1.165) is 17.9 Å². The van der Waals surface area contributed by atoms with Gasteiger partial charge in [-0.1, -0.05) is 0 Å². The molecule has 0 bridgehead atoms. The van der Waals surface area contributed by atoms with E-state index >= 15 is 0 Å². The van der Waals surface area contributed by atoms with Gasteiger partial charge in [0.1, 0.15) is 5.69 Å². The normalized spacial score (nSPS) is 10.5. The number of Topliss-reactive ketones (excluding diaryl/α,β-unsaturated/α-hetero) is 1. The van der Waals surface area contributed by atoms with Crippen LogP contribution in [-0.2, 0) is 11.8 Å². The molecule has 0 atom stereocenters. The molecule has 7 heteroatoms. The molecule has 15 heavy (non-hydrogen) atoms. The fourth-order valence-corrected chi connectivity index (χ4v) is 1.01. The van der Waals surface area contributed by atoms with Gasteiger partial charge in [0.25, 0.3) is 0 Å². The van der Waals surface area contributed by atoms with Gasteiger partial charge in [0, 0.05) is 13.1 Å². The number of carbonyl (C=O) groups is 2. The monoisotopic (exact) mass is 218 g/mol. The Hall–Kier alpha value is -1.79. The summed E-state index contributed by atoms with van der Waals surface area (Å²) in [5, 5.41) is 3.57. The summed E-state index contributed by atoms with van der Waals surface area (Å²) in [5.74, 6) is -2.15. The zero-order valence-electron chi connectivity index (χ0n) is 8.03. The summed E-state index contributed by atoms with van der Waals surface area (Å²) in [6.07, 6.45) is -3.12. The highest BCUT2D eigenvalue weighted by atomic mass is 19.3. The van der Waals surface area contributed by atoms with Crippen LogP contribution >= 0.6 is 0 Å². The van der Waals surface area contributed by atoms with Gasteiger partial charge in [-0.15, -0.1) is 0 Å². The molecule has 0 fully saturated rings. The third-order valence-electron chi connectivity index (χ3n) is 1.72. The van der Waals surface area contributed by atoms with E-state index < -0.39 is 18.2 Å². The van der Waals surface area contributed by atoms with Crippen molar-refractivity contribution in [2.45, 2.75) is 6.43 Å². The van der Waals surface area contributed by atoms with E-state index in [2.05, 4.69) is 9.84 Å². The van der Waals surface area contributed by atoms with Gasteiger partial charge in [0.15, 0.2) is 5.69 Å². The Morgan fingerprint density at radius 2 is 2.13 bits per heavy atom. The molecule has 1 aromatic rings. The lowest BCUT2D eigenvalue weighted by atomic mass is 10.2. The molecule has 1 rings (SSSR count). The lowest BCUT2D eigenvalue weighted by molar-refractivity contribution is 0.0593. The number of nitrogens with zero attached hydrogens (tertiary/aromatic N) is 2. The van der Waals surface area contributed by atoms with E-state index in [9.17, 15) is 18.4 Å². The van der Waals surface area contributed by atoms with Crippen LogP contribution < -0.4 is 0 Å². The number of rotatable bonds is 3. The van der Waals surface area contributed by atoms with Gasteiger partial charge in [-0.05, 0) is 0 Å². The maximum atomic E-state index is 12.1. The van der Waals surface area contributed by atoms with Crippen molar-refractivity contribution in [3.05, 3.63) is 17.5 Å². The summed E-state index contributed by atoms with van der Waals surface area (Å²) < 4.78 is 29.4. The van der Waals surface area contributed by atoms with E-state index in [4.69, 9.17) is 0 Å². The number of ketones is 1. The van der Waals surface area contributed by atoms with Crippen LogP contribution in [0.15, 0.2) is 6.07 Å². The lowest BCUT2D eigenvalue weighted by Gasteiger charge is -1.97. The number of ether oxygens (including phenoxy) is 1. The van der Waals surface area contributed by atoms with Crippen LogP contribution in [0.25, 0.3) is 0 Å². The molecule has 0 saturated heterocycles. The molecular formula is C8H8F2N2O3. The second-order valence-electron chi connectivity index (χ2n) is 2.69. The van der Waals surface area contributed by atoms with E-state index in [1.165, 1.54) is 7.05 Å². The van der Waals surface area contributed by atoms with E-state index in [1.807, 2.05) is 0 Å². The molecule has 1 heterocycles. The first-order chi connectivity index (χ1) is 6.97. The Morgan fingerprint density at radius 3 is 2.60 bits per heavy atom. The van der Waals surface area contributed by atoms with Crippen LogP contribution in [0.1, 0.15) is 21.0 Å². The average Bonchev–Trinajstić information content (AvgIpc) is 2.57. The summed E-state index contributed by atoms with van der Waals surface area (Å²) in [6, 6.07) is 0.973. The summed E-state index contributed by atoms with van der Waals surface area (Å²) in [5.41, 5.74) is -0.505. The van der Waals surface area contributed by atoms with Gasteiger partial charge in [-0.25, -0.2) is 13.6 Å². The predicted molar refractivity (Wildman–Crippen MR) is 44.9 cm³/mol. The van der Waals surface area contributed by atoms with Gasteiger partial charge in [-0.2, -0.15) is 5.10 Å². The number of carbonyl (C=O) groups excluding carboxylic acids is 2. The number of alkyl halides is 2. The molecule has 0 aliphatic carbocycles. The third-order valence-corrected chi connectivity index (χ3v) is 1.72. The van der Waals surface area contributed by atoms with Crippen LogP contribution in [-0.4, -0.2) is 35.1 Å². The van der Waals surface area contributed by atoms with Gasteiger partial charge in [0.2, 0.25) is 5.78 Å². The molecule has 0 N–H and O–H groups in total. The number of aryl methyl sites for hydroxylation is 1. The van der Waals surface area contributed by atoms with Gasteiger partial charge in [0.05, 0.1) is 7.11 Å². The second-order valence-corrected chi connectivity index (χ2v) is 2.69. The minimum atomic E-state index is -3.12. The van der Waals surface area contributed by atoms with Crippen LogP contribution in [0.5, 0.6) is 0 Å². The quantitative estimate of drug-likeness (QED) is 0.552. The fourth-order valence-electron chi connectivity index (χ4n) is 1.01. The highest BCUT2D eigenvalue weighted by molar-refractivity contribution is 5.99. The summed E-state index contributed by atoms with van der Waals surface area (Å²) >= 11 is 0. The molecule has 0 saturated carbocycles. The van der Waals surface area contributed by atoms with Crippen molar-refractivity contribution in [1.82, 2.24) is 9.78 Å². The Balaban J connectivity index is 3.06. The van der Waals surface area contributed by atoms with Crippen LogP contribution in [0.4, 0.5) is 8.78 Å². The predicted octanol–water partition coefficient (Wildman–Crippen LogP) is 0.654. The number of halogens is 2. The van der Waals surface area contributed by atoms with E-state index in [1.54, 1.807) is 0 Å². The van der Waals surface area contributed by atoms with Crippen LogP contribution in [0.2, 0.25) is 0 Å². The first-order valence-corrected chi connectivity index (χ1v) is 3.92. The Kier molecular flexibility index (Phi) is 3.13. The molecule has 0 spiro atoms. The molecule has 1 aromatic heterocycles. The second kappa shape index (κ2) is 4.16. The Bertz CT molecular complexity index is 401. The van der Waals surface area contributed by atoms with Crippen molar-refractivity contribution in [2.24, 2.45) is 7.05 Å². The summed E-state index contributed by atoms with van der Waals surface area (Å²) in [6.45, 7) is 0. The van der Waals surface area contributed by atoms with Crippen molar-refractivity contribution in [3.8, 4) is 0 Å².